The van der Waals surface area contributed by atoms with E-state index in [1.165, 1.54) is 0 Å². The van der Waals surface area contributed by atoms with Crippen LogP contribution in [0.4, 0.5) is 17.1 Å². The third kappa shape index (κ3) is 5.02. The molecule has 0 spiro atoms. The summed E-state index contributed by atoms with van der Waals surface area (Å²) in [5.41, 5.74) is 9.55. The molecule has 2 heterocycles. The van der Waals surface area contributed by atoms with Crippen molar-refractivity contribution in [2.24, 2.45) is 0 Å². The van der Waals surface area contributed by atoms with Crippen molar-refractivity contribution in [2.45, 2.75) is 0 Å². The van der Waals surface area contributed by atoms with Crippen LogP contribution in [-0.4, -0.2) is 15.0 Å². The van der Waals surface area contributed by atoms with E-state index < -0.39 is 0 Å². The number of hydrogen-bond donors (Lipinski definition) is 0. The monoisotopic (exact) mass is 635 g/mol. The number of fused-ring (bicyclic) bond motifs is 5. The lowest BCUT2D eigenvalue weighted by Gasteiger charge is -2.18. The van der Waals surface area contributed by atoms with Gasteiger partial charge >= 0.3 is 0 Å². The minimum atomic E-state index is 0.346. The molecule has 8 rings (SSSR count). The molecule has 0 aliphatic rings. The van der Waals surface area contributed by atoms with Crippen molar-refractivity contribution in [3.63, 3.8) is 0 Å². The van der Waals surface area contributed by atoms with Crippen LogP contribution in [0.1, 0.15) is 5.56 Å². The van der Waals surface area contributed by atoms with Gasteiger partial charge in [0.05, 0.1) is 65.0 Å². The summed E-state index contributed by atoms with van der Waals surface area (Å²) in [5, 5.41) is 12.2. The molecule has 0 bridgehead atoms. The molecule has 50 heavy (non-hydrogen) atoms. The molecule has 0 atom stereocenters. The average molecular weight is 636 g/mol. The minimum Gasteiger partial charge on any atom is -0.247 e. The number of nitriles is 1. The van der Waals surface area contributed by atoms with E-state index in [0.29, 0.717) is 56.2 Å². The van der Waals surface area contributed by atoms with Crippen LogP contribution in [0.15, 0.2) is 127 Å². The van der Waals surface area contributed by atoms with Crippen molar-refractivity contribution >= 4 is 49.8 Å². The molecule has 0 amide bonds. The van der Waals surface area contributed by atoms with E-state index in [9.17, 15) is 5.26 Å². The molecule has 0 aliphatic carbocycles. The normalized spacial score (nSPS) is 10.7. The van der Waals surface area contributed by atoms with Crippen LogP contribution in [0.3, 0.4) is 0 Å². The van der Waals surface area contributed by atoms with Crippen molar-refractivity contribution in [3.05, 3.63) is 167 Å². The van der Waals surface area contributed by atoms with E-state index in [1.54, 1.807) is 42.5 Å². The van der Waals surface area contributed by atoms with Gasteiger partial charge in [-0.05, 0) is 35.4 Å². The molecule has 0 radical (unpaired) electrons. The van der Waals surface area contributed by atoms with Crippen LogP contribution in [0.5, 0.6) is 0 Å². The minimum absolute atomic E-state index is 0.346. The fraction of sp³-hybridized carbons (Fsp3) is 0. The zero-order valence-corrected chi connectivity index (χ0v) is 26.3. The molecule has 6 aromatic carbocycles. The number of rotatable bonds is 4. The first-order chi connectivity index (χ1) is 24.6. The number of benzene rings is 6. The lowest BCUT2D eigenvalue weighted by atomic mass is 9.92. The van der Waals surface area contributed by atoms with Crippen molar-refractivity contribution in [3.8, 4) is 51.0 Å². The van der Waals surface area contributed by atoms with Gasteiger partial charge in [-0.1, -0.05) is 103 Å². The van der Waals surface area contributed by atoms with E-state index in [-0.39, 0.29) is 0 Å². The van der Waals surface area contributed by atoms with E-state index in [0.717, 1.165) is 44.1 Å². The van der Waals surface area contributed by atoms with Crippen LogP contribution < -0.4 is 0 Å². The lowest BCUT2D eigenvalue weighted by Crippen LogP contribution is -2.00. The second kappa shape index (κ2) is 12.1. The SMILES string of the molecule is [C-]#[N+]c1ccc(-c2nc3c(-c4cc([N+]#[C-])cc([N+]#[C-])c4)cc4c(-c5ccccc5)nc5ccccc5c4c3nc2-c2ccc(C#N)cc2)cc1. The summed E-state index contributed by atoms with van der Waals surface area (Å²) in [4.78, 5) is 26.9. The van der Waals surface area contributed by atoms with E-state index in [2.05, 4.69) is 26.7 Å². The van der Waals surface area contributed by atoms with Gasteiger partial charge in [-0.3, -0.25) is 0 Å². The van der Waals surface area contributed by atoms with Gasteiger partial charge in [0, 0.05) is 32.8 Å². The zero-order chi connectivity index (χ0) is 34.2. The maximum atomic E-state index is 9.53. The van der Waals surface area contributed by atoms with Crippen LogP contribution in [0.25, 0.3) is 92.1 Å². The summed E-state index contributed by atoms with van der Waals surface area (Å²) in [7, 11) is 0. The largest absolute Gasteiger partial charge is 0.247 e. The van der Waals surface area contributed by atoms with E-state index in [4.69, 9.17) is 34.7 Å². The van der Waals surface area contributed by atoms with Crippen LogP contribution >= 0.6 is 0 Å². The summed E-state index contributed by atoms with van der Waals surface area (Å²) in [6.07, 6.45) is 0. The molecule has 0 saturated carbocycles. The first-order valence-electron chi connectivity index (χ1n) is 15.6. The Labute approximate surface area is 287 Å². The van der Waals surface area contributed by atoms with Crippen molar-refractivity contribution in [2.75, 3.05) is 0 Å². The Kier molecular flexibility index (Phi) is 7.21. The summed E-state index contributed by atoms with van der Waals surface area (Å²) in [6.45, 7) is 23.0. The highest BCUT2D eigenvalue weighted by molar-refractivity contribution is 6.24. The molecular weight excluding hydrogens is 615 g/mol. The van der Waals surface area contributed by atoms with Gasteiger partial charge in [0.1, 0.15) is 0 Å². The maximum absolute atomic E-state index is 9.53. The third-order valence-corrected chi connectivity index (χ3v) is 8.68. The number of aromatic nitrogens is 3. The van der Waals surface area contributed by atoms with Crippen molar-refractivity contribution in [1.82, 2.24) is 15.0 Å². The first-order valence-corrected chi connectivity index (χ1v) is 15.6. The molecule has 0 saturated heterocycles. The maximum Gasteiger partial charge on any atom is 0.187 e. The standard InChI is InChI=1S/C43H21N7/c1-45-31-19-17-29(18-20-31)40-41(28-15-13-26(25-44)14-16-28)50-43-38-34-11-7-8-12-37(34)48-39(27-9-5-4-6-10-27)36(38)24-35(42(43)49-40)30-21-32(46-2)23-33(22-30)47-3/h4-24H. The van der Waals surface area contributed by atoms with Crippen LogP contribution in [-0.2, 0) is 0 Å². The van der Waals surface area contributed by atoms with Gasteiger partial charge in [0.25, 0.3) is 0 Å². The van der Waals surface area contributed by atoms with Crippen LogP contribution in [0.2, 0.25) is 0 Å². The van der Waals surface area contributed by atoms with Gasteiger partial charge in [0.15, 0.2) is 17.1 Å². The second-order valence-corrected chi connectivity index (χ2v) is 11.6. The Bertz CT molecular complexity index is 2800. The zero-order valence-electron chi connectivity index (χ0n) is 26.3. The van der Waals surface area contributed by atoms with Gasteiger partial charge in [0.2, 0.25) is 0 Å². The number of pyridine rings is 1. The number of hydrogen-bond acceptors (Lipinski definition) is 4. The first kappa shape index (κ1) is 29.7. The Hall–Kier alpha value is -7.71. The van der Waals surface area contributed by atoms with Gasteiger partial charge in [-0.25, -0.2) is 29.5 Å². The molecule has 0 aliphatic heterocycles. The lowest BCUT2D eigenvalue weighted by molar-refractivity contribution is 1.30. The predicted molar refractivity (Wildman–Crippen MR) is 198 cm³/mol. The van der Waals surface area contributed by atoms with Gasteiger partial charge in [-0.2, -0.15) is 5.26 Å². The fourth-order valence-corrected chi connectivity index (χ4v) is 6.35. The average Bonchev–Trinajstić information content (AvgIpc) is 3.19. The molecule has 7 nitrogen and oxygen atoms in total. The smallest absolute Gasteiger partial charge is 0.187 e. The number of nitrogens with zero attached hydrogens (tertiary/aromatic N) is 7. The Morgan fingerprint density at radius 3 is 1.70 bits per heavy atom. The highest BCUT2D eigenvalue weighted by Gasteiger charge is 2.22. The van der Waals surface area contributed by atoms with Gasteiger partial charge in [-0.15, -0.1) is 0 Å². The Morgan fingerprint density at radius 2 is 1.06 bits per heavy atom. The Balaban J connectivity index is 1.60. The summed E-state index contributed by atoms with van der Waals surface area (Å²) < 4.78 is 0. The van der Waals surface area contributed by atoms with Crippen molar-refractivity contribution in [1.29, 1.82) is 5.26 Å². The van der Waals surface area contributed by atoms with Crippen LogP contribution in [0, 0.1) is 31.0 Å². The summed E-state index contributed by atoms with van der Waals surface area (Å²) in [6, 6.07) is 41.8. The topological polar surface area (TPSA) is 75.5 Å². The molecule has 0 unspecified atom stereocenters. The third-order valence-electron chi connectivity index (χ3n) is 8.68. The van der Waals surface area contributed by atoms with E-state index >= 15 is 0 Å². The predicted octanol–water partition coefficient (Wildman–Crippen LogP) is 11.5. The van der Waals surface area contributed by atoms with E-state index in [1.807, 2.05) is 78.9 Å². The quantitative estimate of drug-likeness (QED) is 0.142. The van der Waals surface area contributed by atoms with Gasteiger partial charge < -0.3 is 0 Å². The molecule has 7 heteroatoms. The molecule has 228 valence electrons. The molecule has 2 aromatic heterocycles. The highest BCUT2D eigenvalue weighted by Crippen LogP contribution is 2.44. The Morgan fingerprint density at radius 1 is 0.480 bits per heavy atom. The van der Waals surface area contributed by atoms with Crippen molar-refractivity contribution < 1.29 is 0 Å². The molecule has 0 N–H and O–H groups in total. The number of para-hydroxylation sites is 1. The fourth-order valence-electron chi connectivity index (χ4n) is 6.35. The molecule has 0 fully saturated rings. The molecule has 8 aromatic rings. The highest BCUT2D eigenvalue weighted by atomic mass is 14.8. The summed E-state index contributed by atoms with van der Waals surface area (Å²) in [5.74, 6) is 0. The molecular formula is C43H21N7. The summed E-state index contributed by atoms with van der Waals surface area (Å²) >= 11 is 0. The second-order valence-electron chi connectivity index (χ2n) is 11.6.